The monoisotopic (exact) mass is 466 g/mol. The van der Waals surface area contributed by atoms with E-state index in [-0.39, 0.29) is 11.5 Å². The molecule has 6 heteroatoms. The molecule has 0 saturated heterocycles. The highest BCUT2D eigenvalue weighted by Gasteiger charge is 2.15. The Morgan fingerprint density at radius 3 is 2.45 bits per heavy atom. The molecule has 3 nitrogen and oxygen atoms in total. The van der Waals surface area contributed by atoms with Crippen LogP contribution in [0.1, 0.15) is 11.1 Å². The summed E-state index contributed by atoms with van der Waals surface area (Å²) in [5.41, 5.74) is 1.83. The highest BCUT2D eigenvalue weighted by Crippen LogP contribution is 2.21. The zero-order valence-corrected chi connectivity index (χ0v) is 15.2. The van der Waals surface area contributed by atoms with Crippen molar-refractivity contribution in [3.63, 3.8) is 0 Å². The molecule has 106 valence electrons. The summed E-state index contributed by atoms with van der Waals surface area (Å²) in [5, 5.41) is 0. The summed E-state index contributed by atoms with van der Waals surface area (Å²) in [6.07, 6.45) is 0. The summed E-state index contributed by atoms with van der Waals surface area (Å²) in [4.78, 5) is 0.174. The lowest BCUT2D eigenvalue weighted by Crippen LogP contribution is -2.07. The lowest BCUT2D eigenvalue weighted by molar-refractivity contribution is 0.307. The minimum atomic E-state index is -3.72. The Hall–Kier alpha value is -0.440. The Labute approximate surface area is 140 Å². The summed E-state index contributed by atoms with van der Waals surface area (Å²) >= 11 is 5.51. The van der Waals surface area contributed by atoms with Gasteiger partial charge < -0.3 is 0 Å². The minimum Gasteiger partial charge on any atom is -0.262 e. The Morgan fingerprint density at radius 2 is 1.80 bits per heavy atom. The molecule has 0 fully saturated rings. The lowest BCUT2D eigenvalue weighted by atomic mass is 10.2. The van der Waals surface area contributed by atoms with Gasteiger partial charge >= 0.3 is 0 Å². The Bertz CT molecular complexity index is 712. The zero-order valence-electron chi connectivity index (χ0n) is 10.6. The van der Waals surface area contributed by atoms with Crippen LogP contribution in [0.3, 0.4) is 0 Å². The van der Waals surface area contributed by atoms with Crippen molar-refractivity contribution in [1.29, 1.82) is 0 Å². The van der Waals surface area contributed by atoms with Crippen LogP contribution in [-0.2, 0) is 20.9 Å². The fourth-order valence-electron chi connectivity index (χ4n) is 1.57. The Kier molecular flexibility index (Phi) is 5.22. The van der Waals surface area contributed by atoms with Gasteiger partial charge in [0, 0.05) is 8.04 Å². The number of hydrogen-bond acceptors (Lipinski definition) is 3. The van der Waals surface area contributed by atoms with Crippen LogP contribution in [0.15, 0.2) is 51.8 Å². The Balaban J connectivity index is 2.17. The standard InChI is InChI=1S/C14H12BrIO3S/c1-10-2-5-13(6-3-10)20(17,18)19-9-11-8-12(15)4-7-14(11)16/h2-8H,9H2,1H3. The van der Waals surface area contributed by atoms with Crippen molar-refractivity contribution < 1.29 is 12.6 Å². The van der Waals surface area contributed by atoms with Gasteiger partial charge in [-0.05, 0) is 65.4 Å². The second kappa shape index (κ2) is 6.55. The van der Waals surface area contributed by atoms with E-state index < -0.39 is 10.1 Å². The number of rotatable bonds is 4. The summed E-state index contributed by atoms with van der Waals surface area (Å²) in [7, 11) is -3.72. The van der Waals surface area contributed by atoms with Crippen molar-refractivity contribution in [2.45, 2.75) is 18.4 Å². The first-order chi connectivity index (χ1) is 9.38. The molecule has 0 aliphatic rings. The maximum atomic E-state index is 12.1. The number of aryl methyl sites for hydroxylation is 1. The molecule has 0 aliphatic carbocycles. The van der Waals surface area contributed by atoms with E-state index in [4.69, 9.17) is 4.18 Å². The van der Waals surface area contributed by atoms with Crippen LogP contribution in [0.4, 0.5) is 0 Å². The van der Waals surface area contributed by atoms with Gasteiger partial charge in [-0.1, -0.05) is 33.6 Å². The third-order valence-corrected chi connectivity index (χ3v) is 5.51. The second-order valence-corrected chi connectivity index (χ2v) is 7.96. The third kappa shape index (κ3) is 4.03. The first-order valence-corrected chi connectivity index (χ1v) is 9.06. The van der Waals surface area contributed by atoms with E-state index in [1.165, 1.54) is 0 Å². The fraction of sp³-hybridized carbons (Fsp3) is 0.143. The molecule has 20 heavy (non-hydrogen) atoms. The highest BCUT2D eigenvalue weighted by atomic mass is 127. The van der Waals surface area contributed by atoms with Gasteiger partial charge in [0.15, 0.2) is 0 Å². The highest BCUT2D eigenvalue weighted by molar-refractivity contribution is 14.1. The Morgan fingerprint density at radius 1 is 1.15 bits per heavy atom. The topological polar surface area (TPSA) is 43.4 Å². The predicted octanol–water partition coefficient (Wildman–Crippen LogP) is 4.27. The molecule has 0 aliphatic heterocycles. The lowest BCUT2D eigenvalue weighted by Gasteiger charge is -2.08. The van der Waals surface area contributed by atoms with E-state index in [1.54, 1.807) is 24.3 Å². The quantitative estimate of drug-likeness (QED) is 0.499. The van der Waals surface area contributed by atoms with Crippen molar-refractivity contribution in [1.82, 2.24) is 0 Å². The molecule has 0 aromatic heterocycles. The van der Waals surface area contributed by atoms with E-state index in [1.807, 2.05) is 25.1 Å². The van der Waals surface area contributed by atoms with Gasteiger partial charge in [-0.3, -0.25) is 4.18 Å². The van der Waals surface area contributed by atoms with Crippen LogP contribution in [0.2, 0.25) is 0 Å². The second-order valence-electron chi connectivity index (χ2n) is 4.27. The number of benzene rings is 2. The number of halogens is 2. The van der Waals surface area contributed by atoms with Gasteiger partial charge in [0.1, 0.15) is 0 Å². The predicted molar refractivity (Wildman–Crippen MR) is 90.0 cm³/mol. The normalized spacial score (nSPS) is 11.6. The van der Waals surface area contributed by atoms with Crippen molar-refractivity contribution in [2.75, 3.05) is 0 Å². The van der Waals surface area contributed by atoms with Crippen LogP contribution in [0.25, 0.3) is 0 Å². The van der Waals surface area contributed by atoms with Crippen LogP contribution in [0.5, 0.6) is 0 Å². The van der Waals surface area contributed by atoms with E-state index in [0.717, 1.165) is 19.2 Å². The molecule has 0 atom stereocenters. The summed E-state index contributed by atoms with van der Waals surface area (Å²) < 4.78 is 31.1. The third-order valence-electron chi connectivity index (χ3n) is 2.69. The molecule has 0 radical (unpaired) electrons. The molecule has 2 aromatic rings. The summed E-state index contributed by atoms with van der Waals surface area (Å²) in [5.74, 6) is 0. The first kappa shape index (κ1) is 15.9. The average molecular weight is 467 g/mol. The van der Waals surface area contributed by atoms with Crippen molar-refractivity contribution in [3.05, 3.63) is 61.6 Å². The van der Waals surface area contributed by atoms with Crippen molar-refractivity contribution in [2.24, 2.45) is 0 Å². The van der Waals surface area contributed by atoms with E-state index in [9.17, 15) is 8.42 Å². The van der Waals surface area contributed by atoms with Gasteiger partial charge in [-0.25, -0.2) is 0 Å². The first-order valence-electron chi connectivity index (χ1n) is 5.78. The average Bonchev–Trinajstić information content (AvgIpc) is 2.40. The summed E-state index contributed by atoms with van der Waals surface area (Å²) in [6, 6.07) is 12.3. The molecule has 2 aromatic carbocycles. The number of hydrogen-bond donors (Lipinski definition) is 0. The molecular formula is C14H12BrIO3S. The van der Waals surface area contributed by atoms with Gasteiger partial charge in [0.2, 0.25) is 0 Å². The maximum Gasteiger partial charge on any atom is 0.297 e. The molecule has 0 spiro atoms. The molecule has 0 unspecified atom stereocenters. The summed E-state index contributed by atoms with van der Waals surface area (Å²) in [6.45, 7) is 1.93. The van der Waals surface area contributed by atoms with Gasteiger partial charge in [-0.2, -0.15) is 8.42 Å². The molecular weight excluding hydrogens is 455 g/mol. The van der Waals surface area contributed by atoms with Crippen LogP contribution >= 0.6 is 38.5 Å². The SMILES string of the molecule is Cc1ccc(S(=O)(=O)OCc2cc(Br)ccc2I)cc1. The zero-order chi connectivity index (χ0) is 14.8. The van der Waals surface area contributed by atoms with E-state index in [2.05, 4.69) is 38.5 Å². The van der Waals surface area contributed by atoms with Crippen LogP contribution in [0, 0.1) is 10.5 Å². The molecule has 2 rings (SSSR count). The van der Waals surface area contributed by atoms with Crippen molar-refractivity contribution in [3.8, 4) is 0 Å². The fourth-order valence-corrected chi connectivity index (χ4v) is 3.36. The minimum absolute atomic E-state index is 0.0217. The molecule has 0 N–H and O–H groups in total. The van der Waals surface area contributed by atoms with E-state index in [0.29, 0.717) is 0 Å². The maximum absolute atomic E-state index is 12.1. The van der Waals surface area contributed by atoms with E-state index >= 15 is 0 Å². The van der Waals surface area contributed by atoms with Crippen molar-refractivity contribution >= 4 is 48.6 Å². The molecule has 0 amide bonds. The van der Waals surface area contributed by atoms with Gasteiger partial charge in [0.05, 0.1) is 11.5 Å². The smallest absolute Gasteiger partial charge is 0.262 e. The molecule has 0 heterocycles. The largest absolute Gasteiger partial charge is 0.297 e. The van der Waals surface area contributed by atoms with Gasteiger partial charge in [0.25, 0.3) is 10.1 Å². The van der Waals surface area contributed by atoms with Crippen LogP contribution < -0.4 is 0 Å². The van der Waals surface area contributed by atoms with Gasteiger partial charge in [-0.15, -0.1) is 0 Å². The molecule has 0 bridgehead atoms. The molecule has 0 saturated carbocycles. The van der Waals surface area contributed by atoms with Crippen LogP contribution in [-0.4, -0.2) is 8.42 Å².